The van der Waals surface area contributed by atoms with Gasteiger partial charge in [0, 0.05) is 23.3 Å². The lowest BCUT2D eigenvalue weighted by molar-refractivity contribution is -0.134. The van der Waals surface area contributed by atoms with Crippen LogP contribution in [0.15, 0.2) is 30.3 Å². The van der Waals surface area contributed by atoms with Gasteiger partial charge in [0.15, 0.2) is 23.0 Å². The van der Waals surface area contributed by atoms with Crippen molar-refractivity contribution in [1.29, 1.82) is 0 Å². The molecule has 140 valence electrons. The minimum atomic E-state index is -0.434. The third-order valence-corrected chi connectivity index (χ3v) is 4.17. The van der Waals surface area contributed by atoms with Crippen LogP contribution >= 0.6 is 0 Å². The first-order valence-corrected chi connectivity index (χ1v) is 8.20. The molecule has 0 spiro atoms. The zero-order valence-electron chi connectivity index (χ0n) is 15.6. The molecule has 0 bridgehead atoms. The molecule has 0 saturated carbocycles. The monoisotopic (exact) mass is 368 g/mol. The van der Waals surface area contributed by atoms with Crippen LogP contribution in [-0.4, -0.2) is 34.4 Å². The number of rotatable bonds is 5. The van der Waals surface area contributed by atoms with Gasteiger partial charge in [-0.05, 0) is 29.8 Å². The van der Waals surface area contributed by atoms with Crippen LogP contribution in [-0.2, 0) is 9.53 Å². The number of hydrogen-bond acceptors (Lipinski definition) is 6. The molecular formula is C21H20O6. The Hall–Kier alpha value is -3.41. The van der Waals surface area contributed by atoms with E-state index in [-0.39, 0.29) is 0 Å². The lowest BCUT2D eigenvalue weighted by atomic mass is 10.0. The molecule has 0 saturated heterocycles. The first-order valence-electron chi connectivity index (χ1n) is 8.20. The summed E-state index contributed by atoms with van der Waals surface area (Å²) in [5.74, 6) is 2.46. The Balaban J connectivity index is 2.14. The van der Waals surface area contributed by atoms with Crippen molar-refractivity contribution in [1.82, 2.24) is 0 Å². The van der Waals surface area contributed by atoms with E-state index in [1.165, 1.54) is 13.2 Å². The van der Waals surface area contributed by atoms with Gasteiger partial charge in [-0.2, -0.15) is 0 Å². The Morgan fingerprint density at radius 1 is 0.926 bits per heavy atom. The molecule has 3 rings (SSSR count). The van der Waals surface area contributed by atoms with Gasteiger partial charge in [0.1, 0.15) is 5.75 Å². The molecule has 0 aliphatic carbocycles. The Labute approximate surface area is 157 Å². The normalized spacial score (nSPS) is 11.9. The van der Waals surface area contributed by atoms with E-state index in [1.54, 1.807) is 39.5 Å². The summed E-state index contributed by atoms with van der Waals surface area (Å²) in [5, 5.41) is 0. The maximum absolute atomic E-state index is 11.5. The predicted octanol–water partition coefficient (Wildman–Crippen LogP) is 4.17. The summed E-state index contributed by atoms with van der Waals surface area (Å²) in [6.45, 7) is 0. The van der Waals surface area contributed by atoms with Crippen molar-refractivity contribution >= 4 is 24.2 Å². The van der Waals surface area contributed by atoms with E-state index in [9.17, 15) is 4.79 Å². The largest absolute Gasteiger partial charge is 0.493 e. The fourth-order valence-corrected chi connectivity index (χ4v) is 2.78. The molecule has 0 atom stereocenters. The fraction of sp³-hybridized carbons (Fsp3) is 0.190. The first-order chi connectivity index (χ1) is 13.1. The van der Waals surface area contributed by atoms with Gasteiger partial charge in [-0.25, -0.2) is 4.79 Å². The standard InChI is InChI=1S/C21H20O6/c1-23-16-9-6-13(7-10-20(22)26-4)15-8-5-14-11-18(24-2)19(25-3)12-17(14)27-21(15)16/h5-12H,1-4H3/b10-7+. The molecule has 0 N–H and O–H groups in total. The van der Waals surface area contributed by atoms with Gasteiger partial charge in [-0.3, -0.25) is 0 Å². The smallest absolute Gasteiger partial charge is 0.330 e. The highest BCUT2D eigenvalue weighted by Crippen LogP contribution is 2.45. The molecule has 6 heteroatoms. The number of carbonyl (C=O) groups is 1. The first kappa shape index (κ1) is 18.4. The molecule has 1 aliphatic rings. The second kappa shape index (κ2) is 7.86. The van der Waals surface area contributed by atoms with Crippen LogP contribution in [0.4, 0.5) is 0 Å². The highest BCUT2D eigenvalue weighted by molar-refractivity contribution is 5.90. The Kier molecular flexibility index (Phi) is 5.35. The van der Waals surface area contributed by atoms with E-state index in [4.69, 9.17) is 18.9 Å². The molecule has 0 radical (unpaired) electrons. The van der Waals surface area contributed by atoms with E-state index < -0.39 is 5.97 Å². The summed E-state index contributed by atoms with van der Waals surface area (Å²) in [6, 6.07) is 7.24. The van der Waals surface area contributed by atoms with Crippen LogP contribution < -0.4 is 18.9 Å². The lowest BCUT2D eigenvalue weighted by Crippen LogP contribution is -1.97. The van der Waals surface area contributed by atoms with Crippen LogP contribution in [0.2, 0.25) is 0 Å². The molecule has 0 aromatic heterocycles. The van der Waals surface area contributed by atoms with E-state index in [0.29, 0.717) is 28.7 Å². The zero-order chi connectivity index (χ0) is 19.4. The van der Waals surface area contributed by atoms with Gasteiger partial charge in [0.05, 0.1) is 28.4 Å². The Bertz CT molecular complexity index is 927. The van der Waals surface area contributed by atoms with Crippen molar-refractivity contribution in [2.45, 2.75) is 0 Å². The van der Waals surface area contributed by atoms with Gasteiger partial charge in [0.2, 0.25) is 0 Å². The van der Waals surface area contributed by atoms with E-state index >= 15 is 0 Å². The number of hydrogen-bond donors (Lipinski definition) is 0. The van der Waals surface area contributed by atoms with Crippen LogP contribution in [0.5, 0.6) is 28.7 Å². The highest BCUT2D eigenvalue weighted by atomic mass is 16.5. The SMILES string of the molecule is COC(=O)/C=C/c1ccc(OC)c2c1C=Cc1cc(OC)c(OC)cc1O2. The highest BCUT2D eigenvalue weighted by Gasteiger charge is 2.20. The predicted molar refractivity (Wildman–Crippen MR) is 103 cm³/mol. The number of ether oxygens (including phenoxy) is 5. The molecule has 2 aromatic rings. The summed E-state index contributed by atoms with van der Waals surface area (Å²) in [6.07, 6.45) is 6.86. The van der Waals surface area contributed by atoms with Crippen LogP contribution in [0.25, 0.3) is 18.2 Å². The Morgan fingerprint density at radius 3 is 2.30 bits per heavy atom. The number of fused-ring (bicyclic) bond motifs is 2. The molecule has 1 heterocycles. The minimum absolute atomic E-state index is 0.434. The van der Waals surface area contributed by atoms with Gasteiger partial charge >= 0.3 is 5.97 Å². The van der Waals surface area contributed by atoms with E-state index in [0.717, 1.165) is 16.7 Å². The maximum atomic E-state index is 11.5. The van der Waals surface area contributed by atoms with Crippen molar-refractivity contribution in [3.8, 4) is 28.7 Å². The molecule has 0 amide bonds. The molecule has 0 fully saturated rings. The number of carbonyl (C=O) groups excluding carboxylic acids is 1. The van der Waals surface area contributed by atoms with Crippen molar-refractivity contribution in [3.63, 3.8) is 0 Å². The number of esters is 1. The van der Waals surface area contributed by atoms with Crippen LogP contribution in [0.1, 0.15) is 16.7 Å². The maximum Gasteiger partial charge on any atom is 0.330 e. The molecule has 6 nitrogen and oxygen atoms in total. The quantitative estimate of drug-likeness (QED) is 0.497. The average molecular weight is 368 g/mol. The van der Waals surface area contributed by atoms with Crippen LogP contribution in [0, 0.1) is 0 Å². The molecule has 2 aromatic carbocycles. The van der Waals surface area contributed by atoms with Crippen molar-refractivity contribution in [2.75, 3.05) is 28.4 Å². The molecule has 0 unspecified atom stereocenters. The fourth-order valence-electron chi connectivity index (χ4n) is 2.78. The summed E-state index contributed by atoms with van der Waals surface area (Å²) in [7, 11) is 6.06. The number of methoxy groups -OCH3 is 4. The van der Waals surface area contributed by atoms with Crippen molar-refractivity contribution < 1.29 is 28.5 Å². The van der Waals surface area contributed by atoms with E-state index in [2.05, 4.69) is 4.74 Å². The average Bonchev–Trinajstić information content (AvgIpc) is 2.89. The lowest BCUT2D eigenvalue weighted by Gasteiger charge is -2.16. The van der Waals surface area contributed by atoms with Gasteiger partial charge < -0.3 is 23.7 Å². The molecule has 1 aliphatic heterocycles. The topological polar surface area (TPSA) is 63.2 Å². The third-order valence-electron chi connectivity index (χ3n) is 4.17. The van der Waals surface area contributed by atoms with E-state index in [1.807, 2.05) is 24.3 Å². The summed E-state index contributed by atoms with van der Waals surface area (Å²) in [5.41, 5.74) is 2.40. The zero-order valence-corrected chi connectivity index (χ0v) is 15.6. The van der Waals surface area contributed by atoms with Gasteiger partial charge in [-0.1, -0.05) is 12.1 Å². The number of benzene rings is 2. The Morgan fingerprint density at radius 2 is 1.63 bits per heavy atom. The second-order valence-electron chi connectivity index (χ2n) is 5.64. The molecular weight excluding hydrogens is 348 g/mol. The van der Waals surface area contributed by atoms with Crippen molar-refractivity contribution in [2.24, 2.45) is 0 Å². The molecule has 27 heavy (non-hydrogen) atoms. The van der Waals surface area contributed by atoms with Gasteiger partial charge in [0.25, 0.3) is 0 Å². The summed E-state index contributed by atoms with van der Waals surface area (Å²) in [4.78, 5) is 11.5. The van der Waals surface area contributed by atoms with Crippen LogP contribution in [0.3, 0.4) is 0 Å². The minimum Gasteiger partial charge on any atom is -0.493 e. The second-order valence-corrected chi connectivity index (χ2v) is 5.64. The third kappa shape index (κ3) is 3.60. The summed E-state index contributed by atoms with van der Waals surface area (Å²) < 4.78 is 27.0. The van der Waals surface area contributed by atoms with Gasteiger partial charge in [-0.15, -0.1) is 0 Å². The summed E-state index contributed by atoms with van der Waals surface area (Å²) >= 11 is 0. The van der Waals surface area contributed by atoms with Crippen molar-refractivity contribution in [3.05, 3.63) is 47.0 Å².